The molecule has 6 nitrogen and oxygen atoms in total. The molecule has 30 heavy (non-hydrogen) atoms. The first kappa shape index (κ1) is 18.7. The molecule has 0 unspecified atom stereocenters. The van der Waals surface area contributed by atoms with Gasteiger partial charge >= 0.3 is 0 Å². The van der Waals surface area contributed by atoms with E-state index in [2.05, 4.69) is 16.0 Å². The molecule has 1 atom stereocenters. The number of benzene rings is 1. The number of pyridine rings is 2. The van der Waals surface area contributed by atoms with Crippen LogP contribution in [0.2, 0.25) is 5.02 Å². The number of H-pyrrole nitrogens is 1. The standard InChI is InChI=1S/C22H15ClN4O2S/c1-9-6-10(2)26-22-14(9)17-19(30-22)18-16(21(28)27-17)15(13(8-24)20(25)29-18)11-4-3-5-12(23)7-11/h3-7,15H,25H2,1-2H3,(H,27,28)/t15-/m1/s1. The highest BCUT2D eigenvalue weighted by Crippen LogP contribution is 2.47. The predicted octanol–water partition coefficient (Wildman–Crippen LogP) is 4.63. The Labute approximate surface area is 180 Å². The van der Waals surface area contributed by atoms with E-state index in [1.54, 1.807) is 18.2 Å². The smallest absolute Gasteiger partial charge is 0.256 e. The van der Waals surface area contributed by atoms with Crippen LogP contribution >= 0.6 is 22.9 Å². The summed E-state index contributed by atoms with van der Waals surface area (Å²) in [4.78, 5) is 21.7. The van der Waals surface area contributed by atoms with E-state index in [4.69, 9.17) is 22.1 Å². The van der Waals surface area contributed by atoms with Crippen LogP contribution in [0.15, 0.2) is 46.6 Å². The lowest BCUT2D eigenvalue weighted by Crippen LogP contribution is -2.27. The summed E-state index contributed by atoms with van der Waals surface area (Å²) in [5.74, 6) is -0.318. The molecule has 148 valence electrons. The second-order valence-corrected chi connectivity index (χ2v) is 8.68. The zero-order valence-corrected chi connectivity index (χ0v) is 17.6. The van der Waals surface area contributed by atoms with Crippen molar-refractivity contribution in [3.63, 3.8) is 0 Å². The van der Waals surface area contributed by atoms with E-state index in [9.17, 15) is 10.1 Å². The van der Waals surface area contributed by atoms with E-state index in [0.717, 1.165) is 26.2 Å². The van der Waals surface area contributed by atoms with Crippen LogP contribution in [0.1, 0.15) is 28.3 Å². The van der Waals surface area contributed by atoms with Crippen molar-refractivity contribution in [2.24, 2.45) is 5.73 Å². The maximum atomic E-state index is 13.3. The Balaban J connectivity index is 1.91. The van der Waals surface area contributed by atoms with Gasteiger partial charge in [0.1, 0.15) is 16.5 Å². The molecule has 0 fully saturated rings. The molecule has 1 aliphatic rings. The highest BCUT2D eigenvalue weighted by atomic mass is 35.5. The summed E-state index contributed by atoms with van der Waals surface area (Å²) in [5, 5.41) is 11.1. The summed E-state index contributed by atoms with van der Waals surface area (Å²) in [6, 6.07) is 11.1. The highest BCUT2D eigenvalue weighted by Gasteiger charge is 2.35. The summed E-state index contributed by atoms with van der Waals surface area (Å²) in [6.07, 6.45) is 0. The molecule has 8 heteroatoms. The molecule has 0 radical (unpaired) electrons. The number of hydrogen-bond donors (Lipinski definition) is 2. The number of ether oxygens (including phenoxy) is 1. The fraction of sp³-hybridized carbons (Fsp3) is 0.136. The van der Waals surface area contributed by atoms with E-state index in [-0.39, 0.29) is 17.0 Å². The number of aromatic amines is 1. The zero-order chi connectivity index (χ0) is 21.2. The molecule has 4 aromatic rings. The molecule has 3 aromatic heterocycles. The van der Waals surface area contributed by atoms with Gasteiger partial charge in [0.2, 0.25) is 5.88 Å². The van der Waals surface area contributed by atoms with Gasteiger partial charge in [0.25, 0.3) is 5.56 Å². The number of rotatable bonds is 1. The largest absolute Gasteiger partial charge is 0.438 e. The molecular formula is C22H15ClN4O2S. The van der Waals surface area contributed by atoms with E-state index in [0.29, 0.717) is 27.4 Å². The average molecular weight is 435 g/mol. The minimum absolute atomic E-state index is 0.0137. The van der Waals surface area contributed by atoms with Crippen LogP contribution in [0.5, 0.6) is 5.75 Å². The molecule has 0 bridgehead atoms. The first-order valence-corrected chi connectivity index (χ1v) is 10.4. The van der Waals surface area contributed by atoms with E-state index < -0.39 is 5.92 Å². The van der Waals surface area contributed by atoms with Crippen molar-refractivity contribution in [2.75, 3.05) is 0 Å². The second kappa shape index (κ2) is 6.59. The summed E-state index contributed by atoms with van der Waals surface area (Å²) < 4.78 is 6.62. The third kappa shape index (κ3) is 2.61. The number of fused-ring (bicyclic) bond motifs is 5. The molecule has 0 aliphatic carbocycles. The van der Waals surface area contributed by atoms with Gasteiger partial charge in [-0.05, 0) is 43.2 Å². The van der Waals surface area contributed by atoms with Crippen LogP contribution in [0.3, 0.4) is 0 Å². The van der Waals surface area contributed by atoms with Crippen molar-refractivity contribution in [2.45, 2.75) is 19.8 Å². The van der Waals surface area contributed by atoms with Gasteiger partial charge in [0.15, 0.2) is 5.75 Å². The SMILES string of the molecule is Cc1cc(C)c2c(n1)sc1c3c(c(=O)[nH]c12)[C@H](c1cccc(Cl)c1)C(C#N)=C(N)O3. The molecule has 0 spiro atoms. The summed E-state index contributed by atoms with van der Waals surface area (Å²) in [6.45, 7) is 3.92. The van der Waals surface area contributed by atoms with Gasteiger partial charge in [0.05, 0.1) is 21.7 Å². The lowest BCUT2D eigenvalue weighted by molar-refractivity contribution is 0.397. The molecule has 3 N–H and O–H groups in total. The maximum Gasteiger partial charge on any atom is 0.256 e. The number of halogens is 1. The number of nitrogens with two attached hydrogens (primary N) is 1. The number of nitrogens with zero attached hydrogens (tertiary/aromatic N) is 2. The monoisotopic (exact) mass is 434 g/mol. The van der Waals surface area contributed by atoms with Gasteiger partial charge in [0, 0.05) is 16.1 Å². The van der Waals surface area contributed by atoms with Crippen LogP contribution in [0.25, 0.3) is 20.4 Å². The van der Waals surface area contributed by atoms with Crippen LogP contribution in [-0.4, -0.2) is 9.97 Å². The van der Waals surface area contributed by atoms with Crippen molar-refractivity contribution in [1.82, 2.24) is 9.97 Å². The lowest BCUT2D eigenvalue weighted by Gasteiger charge is -2.26. The average Bonchev–Trinajstić information content (AvgIpc) is 3.05. The molecule has 0 amide bonds. The van der Waals surface area contributed by atoms with E-state index in [1.807, 2.05) is 26.0 Å². The van der Waals surface area contributed by atoms with Gasteiger partial charge in [-0.25, -0.2) is 4.98 Å². The predicted molar refractivity (Wildman–Crippen MR) is 118 cm³/mol. The number of nitriles is 1. The summed E-state index contributed by atoms with van der Waals surface area (Å²) in [7, 11) is 0. The third-order valence-corrected chi connectivity index (χ3v) is 6.60. The molecular weight excluding hydrogens is 420 g/mol. The molecule has 0 saturated heterocycles. The molecule has 4 heterocycles. The van der Waals surface area contributed by atoms with Crippen LogP contribution in [-0.2, 0) is 0 Å². The fourth-order valence-corrected chi connectivity index (χ4v) is 5.53. The minimum Gasteiger partial charge on any atom is -0.438 e. The number of allylic oxidation sites excluding steroid dienone is 1. The first-order valence-electron chi connectivity index (χ1n) is 9.18. The topological polar surface area (TPSA) is 105 Å². The van der Waals surface area contributed by atoms with Crippen molar-refractivity contribution >= 4 is 43.4 Å². The van der Waals surface area contributed by atoms with Crippen LogP contribution in [0.4, 0.5) is 0 Å². The Morgan fingerprint density at radius 3 is 2.87 bits per heavy atom. The Morgan fingerprint density at radius 1 is 1.33 bits per heavy atom. The second-order valence-electron chi connectivity index (χ2n) is 7.24. The van der Waals surface area contributed by atoms with Gasteiger partial charge in [-0.3, -0.25) is 4.79 Å². The molecule has 0 saturated carbocycles. The molecule has 5 rings (SSSR count). The van der Waals surface area contributed by atoms with Gasteiger partial charge in [-0.15, -0.1) is 11.3 Å². The number of aromatic nitrogens is 2. The van der Waals surface area contributed by atoms with Gasteiger partial charge < -0.3 is 15.5 Å². The first-order chi connectivity index (χ1) is 14.4. The number of thiophene rings is 1. The quantitative estimate of drug-likeness (QED) is 0.454. The zero-order valence-electron chi connectivity index (χ0n) is 16.0. The molecule has 1 aromatic carbocycles. The van der Waals surface area contributed by atoms with Gasteiger partial charge in [-0.1, -0.05) is 23.7 Å². The number of nitrogens with one attached hydrogen (secondary N) is 1. The number of hydrogen-bond acceptors (Lipinski definition) is 6. The maximum absolute atomic E-state index is 13.3. The molecule has 1 aliphatic heterocycles. The third-order valence-electron chi connectivity index (χ3n) is 5.28. The minimum atomic E-state index is -0.674. The normalized spacial score (nSPS) is 15.9. The van der Waals surface area contributed by atoms with Crippen molar-refractivity contribution < 1.29 is 4.74 Å². The van der Waals surface area contributed by atoms with Crippen molar-refractivity contribution in [1.29, 1.82) is 5.26 Å². The highest BCUT2D eigenvalue weighted by molar-refractivity contribution is 7.25. The van der Waals surface area contributed by atoms with E-state index in [1.165, 1.54) is 11.3 Å². The van der Waals surface area contributed by atoms with E-state index >= 15 is 0 Å². The fourth-order valence-electron chi connectivity index (χ4n) is 4.08. The Hall–Kier alpha value is -3.34. The van der Waals surface area contributed by atoms with Crippen LogP contribution < -0.4 is 16.0 Å². The van der Waals surface area contributed by atoms with Gasteiger partial charge in [-0.2, -0.15) is 5.26 Å². The summed E-state index contributed by atoms with van der Waals surface area (Å²) in [5.41, 5.74) is 9.61. The van der Waals surface area contributed by atoms with Crippen molar-refractivity contribution in [3.8, 4) is 11.8 Å². The van der Waals surface area contributed by atoms with Crippen molar-refractivity contribution in [3.05, 3.63) is 79.5 Å². The Kier molecular flexibility index (Phi) is 4.10. The Morgan fingerprint density at radius 2 is 2.13 bits per heavy atom. The lowest BCUT2D eigenvalue weighted by atomic mass is 9.84. The van der Waals surface area contributed by atoms with Crippen LogP contribution in [0, 0.1) is 25.2 Å². The number of aryl methyl sites for hydroxylation is 2. The summed E-state index contributed by atoms with van der Waals surface area (Å²) >= 11 is 7.62. The Bertz CT molecular complexity index is 1510.